The van der Waals surface area contributed by atoms with Crippen LogP contribution < -0.4 is 0 Å². The van der Waals surface area contributed by atoms with Gasteiger partial charge in [-0.05, 0) is 55.3 Å². The summed E-state index contributed by atoms with van der Waals surface area (Å²) in [7, 11) is 0. The number of hydrogen-bond acceptors (Lipinski definition) is 4. The normalized spacial score (nSPS) is 16.3. The number of nitrogens with one attached hydrogen (secondary N) is 1. The highest BCUT2D eigenvalue weighted by atomic mass is 35.5. The zero-order valence-electron chi connectivity index (χ0n) is 17.9. The van der Waals surface area contributed by atoms with Gasteiger partial charge in [-0.1, -0.05) is 18.2 Å². The molecular formula is C24H21ClF3N5O. The molecule has 0 spiro atoms. The maximum atomic E-state index is 13.1. The second kappa shape index (κ2) is 9.42. The molecule has 1 fully saturated rings. The van der Waals surface area contributed by atoms with Gasteiger partial charge < -0.3 is 4.90 Å². The highest BCUT2D eigenvalue weighted by Crippen LogP contribution is 2.33. The number of carbonyl (C=O) groups excluding carboxylic acids is 1. The van der Waals surface area contributed by atoms with Crippen molar-refractivity contribution in [3.63, 3.8) is 0 Å². The van der Waals surface area contributed by atoms with Crippen LogP contribution in [0.3, 0.4) is 0 Å². The monoisotopic (exact) mass is 487 g/mol. The van der Waals surface area contributed by atoms with Gasteiger partial charge in [-0.2, -0.15) is 28.6 Å². The third-order valence-electron chi connectivity index (χ3n) is 5.95. The molecule has 0 radical (unpaired) electrons. The maximum Gasteiger partial charge on any atom is 0.416 e. The lowest BCUT2D eigenvalue weighted by Gasteiger charge is -2.32. The predicted molar refractivity (Wildman–Crippen MR) is 124 cm³/mol. The SMILES string of the molecule is Cl.O=C(c1ccc2n[nH]nc2c1)N1CCCC(c2cccc(-c3cccc(C(F)(F)F)c3)n2)C1. The standard InChI is InChI=1S/C24H20F3N5O.ClH/c25-24(26,27)18-6-1-4-15(12-18)19-7-2-8-20(28-19)17-5-3-11-32(14-17)23(33)16-9-10-21-22(13-16)30-31-29-21;/h1-2,4,6-10,12-13,17H,3,5,11,14H2,(H,29,30,31);1H. The van der Waals surface area contributed by atoms with E-state index in [2.05, 4.69) is 20.4 Å². The molecule has 1 atom stereocenters. The molecule has 4 aromatic rings. The molecular weight excluding hydrogens is 467 g/mol. The van der Waals surface area contributed by atoms with E-state index in [0.717, 1.165) is 30.7 Å². The zero-order valence-corrected chi connectivity index (χ0v) is 18.7. The molecule has 1 saturated heterocycles. The largest absolute Gasteiger partial charge is 0.416 e. The van der Waals surface area contributed by atoms with Crippen LogP contribution in [-0.4, -0.2) is 44.3 Å². The van der Waals surface area contributed by atoms with Crippen LogP contribution in [-0.2, 0) is 6.18 Å². The molecule has 176 valence electrons. The average molecular weight is 488 g/mol. The Morgan fingerprint density at radius 1 is 1.00 bits per heavy atom. The minimum absolute atomic E-state index is 0. The molecule has 3 heterocycles. The van der Waals surface area contributed by atoms with Crippen molar-refractivity contribution >= 4 is 29.3 Å². The van der Waals surface area contributed by atoms with Gasteiger partial charge in [0.25, 0.3) is 5.91 Å². The first kappa shape index (κ1) is 23.7. The number of piperidine rings is 1. The average Bonchev–Trinajstić information content (AvgIpc) is 3.31. The Morgan fingerprint density at radius 2 is 1.79 bits per heavy atom. The number of fused-ring (bicyclic) bond motifs is 1. The van der Waals surface area contributed by atoms with Gasteiger partial charge in [0.15, 0.2) is 0 Å². The number of aromatic nitrogens is 4. The first-order valence-corrected chi connectivity index (χ1v) is 10.6. The summed E-state index contributed by atoms with van der Waals surface area (Å²) in [4.78, 5) is 19.6. The van der Waals surface area contributed by atoms with Gasteiger partial charge in [0, 0.05) is 35.8 Å². The minimum atomic E-state index is -4.41. The van der Waals surface area contributed by atoms with E-state index in [1.54, 1.807) is 41.3 Å². The lowest BCUT2D eigenvalue weighted by Crippen LogP contribution is -2.39. The number of nitrogens with zero attached hydrogens (tertiary/aromatic N) is 4. The van der Waals surface area contributed by atoms with Crippen LogP contribution in [0.4, 0.5) is 13.2 Å². The number of halogens is 4. The summed E-state index contributed by atoms with van der Waals surface area (Å²) in [5.74, 6) is -0.0807. The summed E-state index contributed by atoms with van der Waals surface area (Å²) in [6.07, 6.45) is -2.74. The fraction of sp³-hybridized carbons (Fsp3) is 0.250. The summed E-state index contributed by atoms with van der Waals surface area (Å²) in [5.41, 5.74) is 2.83. The molecule has 1 aliphatic rings. The summed E-state index contributed by atoms with van der Waals surface area (Å²) in [6, 6.07) is 15.8. The summed E-state index contributed by atoms with van der Waals surface area (Å²) < 4.78 is 39.3. The van der Waals surface area contributed by atoms with Crippen LogP contribution >= 0.6 is 12.4 Å². The first-order valence-electron chi connectivity index (χ1n) is 10.6. The third kappa shape index (κ3) is 4.75. The Balaban J connectivity index is 0.00000274. The molecule has 0 bridgehead atoms. The van der Waals surface area contributed by atoms with E-state index in [0.29, 0.717) is 40.9 Å². The number of H-pyrrole nitrogens is 1. The van der Waals surface area contributed by atoms with E-state index in [4.69, 9.17) is 0 Å². The number of carbonyl (C=O) groups is 1. The Labute approximate surface area is 199 Å². The number of rotatable bonds is 3. The molecule has 2 aromatic heterocycles. The topological polar surface area (TPSA) is 74.8 Å². The summed E-state index contributed by atoms with van der Waals surface area (Å²) in [5, 5.41) is 10.6. The molecule has 1 N–H and O–H groups in total. The smallest absolute Gasteiger partial charge is 0.338 e. The van der Waals surface area contributed by atoms with Crippen LogP contribution in [0.2, 0.25) is 0 Å². The van der Waals surface area contributed by atoms with Gasteiger partial charge in [-0.25, -0.2) is 0 Å². The van der Waals surface area contributed by atoms with Crippen molar-refractivity contribution in [2.75, 3.05) is 13.1 Å². The Hall–Kier alpha value is -3.46. The maximum absolute atomic E-state index is 13.1. The first-order chi connectivity index (χ1) is 15.9. The molecule has 34 heavy (non-hydrogen) atoms. The summed E-state index contributed by atoms with van der Waals surface area (Å²) >= 11 is 0. The number of benzene rings is 2. The fourth-order valence-electron chi connectivity index (χ4n) is 4.25. The summed E-state index contributed by atoms with van der Waals surface area (Å²) in [6.45, 7) is 1.13. The number of hydrogen-bond donors (Lipinski definition) is 1. The second-order valence-electron chi connectivity index (χ2n) is 8.14. The molecule has 1 aliphatic heterocycles. The third-order valence-corrected chi connectivity index (χ3v) is 5.95. The predicted octanol–water partition coefficient (Wildman–Crippen LogP) is 5.48. The van der Waals surface area contributed by atoms with E-state index in [-0.39, 0.29) is 24.2 Å². The highest BCUT2D eigenvalue weighted by Gasteiger charge is 2.31. The Kier molecular flexibility index (Phi) is 6.56. The lowest BCUT2D eigenvalue weighted by molar-refractivity contribution is -0.137. The number of aromatic amines is 1. The molecule has 6 nitrogen and oxygen atoms in total. The van der Waals surface area contributed by atoms with Gasteiger partial charge in [0.2, 0.25) is 0 Å². The van der Waals surface area contributed by atoms with Gasteiger partial charge in [-0.15, -0.1) is 12.4 Å². The van der Waals surface area contributed by atoms with Gasteiger partial charge in [-0.3, -0.25) is 9.78 Å². The molecule has 0 saturated carbocycles. The quantitative estimate of drug-likeness (QED) is 0.415. The van der Waals surface area contributed by atoms with Crippen molar-refractivity contribution in [2.45, 2.75) is 24.9 Å². The van der Waals surface area contributed by atoms with Crippen LogP contribution in [0.25, 0.3) is 22.3 Å². The number of amides is 1. The molecule has 10 heteroatoms. The number of likely N-dealkylation sites (tertiary alicyclic amines) is 1. The molecule has 5 rings (SSSR count). The van der Waals surface area contributed by atoms with Crippen LogP contribution in [0.5, 0.6) is 0 Å². The van der Waals surface area contributed by atoms with Crippen molar-refractivity contribution < 1.29 is 18.0 Å². The lowest BCUT2D eigenvalue weighted by atomic mass is 9.93. The van der Waals surface area contributed by atoms with Crippen LogP contribution in [0.1, 0.15) is 40.4 Å². The van der Waals surface area contributed by atoms with Crippen LogP contribution in [0.15, 0.2) is 60.7 Å². The van der Waals surface area contributed by atoms with Gasteiger partial charge in [0.05, 0.1) is 11.3 Å². The van der Waals surface area contributed by atoms with E-state index < -0.39 is 11.7 Å². The van der Waals surface area contributed by atoms with Crippen molar-refractivity contribution in [2.24, 2.45) is 0 Å². The van der Waals surface area contributed by atoms with E-state index in [1.807, 2.05) is 6.07 Å². The minimum Gasteiger partial charge on any atom is -0.338 e. The number of pyridine rings is 1. The van der Waals surface area contributed by atoms with E-state index in [1.165, 1.54) is 6.07 Å². The number of alkyl halides is 3. The molecule has 1 unspecified atom stereocenters. The van der Waals surface area contributed by atoms with Crippen molar-refractivity contribution in [3.8, 4) is 11.3 Å². The zero-order chi connectivity index (χ0) is 23.0. The highest BCUT2D eigenvalue weighted by molar-refractivity contribution is 5.97. The van der Waals surface area contributed by atoms with E-state index in [9.17, 15) is 18.0 Å². The van der Waals surface area contributed by atoms with Gasteiger partial charge in [0.1, 0.15) is 11.0 Å². The second-order valence-corrected chi connectivity index (χ2v) is 8.14. The van der Waals surface area contributed by atoms with Crippen molar-refractivity contribution in [1.29, 1.82) is 0 Å². The van der Waals surface area contributed by atoms with E-state index >= 15 is 0 Å². The Morgan fingerprint density at radius 3 is 2.62 bits per heavy atom. The van der Waals surface area contributed by atoms with Crippen molar-refractivity contribution in [3.05, 3.63) is 77.5 Å². The Bertz CT molecular complexity index is 1320. The van der Waals surface area contributed by atoms with Gasteiger partial charge >= 0.3 is 6.18 Å². The van der Waals surface area contributed by atoms with Crippen LogP contribution in [0, 0.1) is 0 Å². The van der Waals surface area contributed by atoms with Crippen molar-refractivity contribution in [1.82, 2.24) is 25.3 Å². The molecule has 1 amide bonds. The fourth-order valence-corrected chi connectivity index (χ4v) is 4.25. The molecule has 2 aromatic carbocycles. The molecule has 0 aliphatic carbocycles.